The monoisotopic (exact) mass is 314 g/mol. The summed E-state index contributed by atoms with van der Waals surface area (Å²) in [4.78, 5) is 17.2. The van der Waals surface area contributed by atoms with Crippen LogP contribution in [0.25, 0.3) is 0 Å². The van der Waals surface area contributed by atoms with Crippen LogP contribution in [0.3, 0.4) is 0 Å². The van der Waals surface area contributed by atoms with E-state index < -0.39 is 0 Å². The van der Waals surface area contributed by atoms with Gasteiger partial charge in [-0.3, -0.25) is 9.80 Å². The van der Waals surface area contributed by atoms with Crippen molar-refractivity contribution in [3.63, 3.8) is 0 Å². The molecular weight excluding hydrogens is 288 g/mol. The molecule has 0 spiro atoms. The van der Waals surface area contributed by atoms with E-state index in [2.05, 4.69) is 29.2 Å². The van der Waals surface area contributed by atoms with Gasteiger partial charge in [0.05, 0.1) is 6.04 Å². The molecule has 0 radical (unpaired) electrons. The predicted octanol–water partition coefficient (Wildman–Crippen LogP) is 3.59. The van der Waals surface area contributed by atoms with Gasteiger partial charge in [0.1, 0.15) is 6.10 Å². The summed E-state index contributed by atoms with van der Waals surface area (Å²) in [7, 11) is 0. The van der Waals surface area contributed by atoms with Gasteiger partial charge in [-0.25, -0.2) is 4.79 Å². The Morgan fingerprint density at radius 2 is 1.74 bits per heavy atom. The third-order valence-corrected chi connectivity index (χ3v) is 5.46. The summed E-state index contributed by atoms with van der Waals surface area (Å²) in [5.74, 6) is 0. The Hall–Kier alpha value is -1.55. The Balaban J connectivity index is 1.49. The van der Waals surface area contributed by atoms with Gasteiger partial charge < -0.3 is 4.74 Å². The van der Waals surface area contributed by atoms with Crippen LogP contribution in [-0.2, 0) is 4.74 Å². The molecule has 124 valence electrons. The van der Waals surface area contributed by atoms with Gasteiger partial charge in [0.25, 0.3) is 0 Å². The smallest absolute Gasteiger partial charge is 0.410 e. The third-order valence-electron chi connectivity index (χ3n) is 5.46. The first-order valence-electron chi connectivity index (χ1n) is 9.07. The van der Waals surface area contributed by atoms with Crippen LogP contribution in [0, 0.1) is 0 Å². The van der Waals surface area contributed by atoms with E-state index in [9.17, 15) is 4.79 Å². The summed E-state index contributed by atoms with van der Waals surface area (Å²) in [6.07, 6.45) is 7.10. The highest BCUT2D eigenvalue weighted by molar-refractivity contribution is 5.69. The molecule has 2 saturated carbocycles. The van der Waals surface area contributed by atoms with E-state index in [-0.39, 0.29) is 18.2 Å². The van der Waals surface area contributed by atoms with Crippen LogP contribution in [-0.4, -0.2) is 47.7 Å². The molecule has 23 heavy (non-hydrogen) atoms. The van der Waals surface area contributed by atoms with Gasteiger partial charge in [-0.2, -0.15) is 0 Å². The second-order valence-corrected chi connectivity index (χ2v) is 7.14. The number of carbonyl (C=O) groups is 1. The van der Waals surface area contributed by atoms with Crippen molar-refractivity contribution in [2.45, 2.75) is 56.7 Å². The molecule has 1 aromatic carbocycles. The van der Waals surface area contributed by atoms with Gasteiger partial charge in [0.15, 0.2) is 0 Å². The van der Waals surface area contributed by atoms with Crippen LogP contribution in [0.4, 0.5) is 4.79 Å². The first-order valence-corrected chi connectivity index (χ1v) is 9.07. The molecular formula is C19H26N2O2. The van der Waals surface area contributed by atoms with E-state index in [0.29, 0.717) is 0 Å². The summed E-state index contributed by atoms with van der Waals surface area (Å²) in [6, 6.07) is 11.3. The molecule has 0 N–H and O–H groups in total. The Kier molecular flexibility index (Phi) is 4.25. The quantitative estimate of drug-likeness (QED) is 0.855. The minimum Gasteiger partial charge on any atom is -0.446 e. The lowest BCUT2D eigenvalue weighted by Crippen LogP contribution is -2.51. The summed E-state index contributed by atoms with van der Waals surface area (Å²) >= 11 is 0. The molecule has 4 rings (SSSR count). The van der Waals surface area contributed by atoms with Gasteiger partial charge in [-0.15, -0.1) is 0 Å². The molecule has 4 nitrogen and oxygen atoms in total. The summed E-state index contributed by atoms with van der Waals surface area (Å²) < 4.78 is 5.78. The Morgan fingerprint density at radius 1 is 1.00 bits per heavy atom. The minimum absolute atomic E-state index is 0.110. The number of hydrogen-bond acceptors (Lipinski definition) is 3. The van der Waals surface area contributed by atoms with Crippen LogP contribution in [0.15, 0.2) is 30.3 Å². The van der Waals surface area contributed by atoms with Crippen LogP contribution >= 0.6 is 0 Å². The van der Waals surface area contributed by atoms with Gasteiger partial charge in [0, 0.05) is 25.7 Å². The number of nitrogens with zero attached hydrogens (tertiary/aromatic N) is 2. The molecule has 3 aliphatic rings. The normalized spacial score (nSPS) is 26.4. The average molecular weight is 314 g/mol. The lowest BCUT2D eigenvalue weighted by atomic mass is 10.0. The maximum absolute atomic E-state index is 12.7. The van der Waals surface area contributed by atoms with Crippen LogP contribution in [0.5, 0.6) is 0 Å². The Labute approximate surface area is 138 Å². The van der Waals surface area contributed by atoms with Crippen molar-refractivity contribution in [1.82, 2.24) is 9.80 Å². The van der Waals surface area contributed by atoms with E-state index in [4.69, 9.17) is 4.74 Å². The fourth-order valence-electron chi connectivity index (χ4n) is 3.97. The second kappa shape index (κ2) is 6.52. The van der Waals surface area contributed by atoms with E-state index in [1.165, 1.54) is 31.2 Å². The number of ether oxygens (including phenoxy) is 1. The summed E-state index contributed by atoms with van der Waals surface area (Å²) in [6.45, 7) is 2.70. The highest BCUT2D eigenvalue weighted by atomic mass is 16.6. The standard InChI is InChI=1S/C19H26N2O2/c22-19(23-17-8-4-5-9-17)21-13-12-20(16-10-11-16)14-18(21)15-6-2-1-3-7-15/h1-3,6-7,16-18H,4-5,8-14H2. The molecule has 1 aliphatic heterocycles. The van der Waals surface area contributed by atoms with E-state index in [1.54, 1.807) is 0 Å². The molecule has 1 amide bonds. The number of rotatable bonds is 3. The molecule has 2 aliphatic carbocycles. The third kappa shape index (κ3) is 3.37. The number of hydrogen-bond donors (Lipinski definition) is 0. The first kappa shape index (κ1) is 15.0. The second-order valence-electron chi connectivity index (χ2n) is 7.14. The fourth-order valence-corrected chi connectivity index (χ4v) is 3.97. The van der Waals surface area contributed by atoms with E-state index >= 15 is 0 Å². The van der Waals surface area contributed by atoms with E-state index in [1.807, 2.05) is 11.0 Å². The molecule has 1 aromatic rings. The van der Waals surface area contributed by atoms with E-state index in [0.717, 1.165) is 38.5 Å². The zero-order valence-corrected chi connectivity index (χ0v) is 13.7. The molecule has 0 aromatic heterocycles. The van der Waals surface area contributed by atoms with Crippen molar-refractivity contribution in [1.29, 1.82) is 0 Å². The summed E-state index contributed by atoms with van der Waals surface area (Å²) in [5.41, 5.74) is 1.22. The fraction of sp³-hybridized carbons (Fsp3) is 0.632. The van der Waals surface area contributed by atoms with Crippen LogP contribution in [0.2, 0.25) is 0 Å². The van der Waals surface area contributed by atoms with Crippen LogP contribution in [0.1, 0.15) is 50.1 Å². The average Bonchev–Trinajstić information content (AvgIpc) is 3.33. The molecule has 1 heterocycles. The highest BCUT2D eigenvalue weighted by Gasteiger charge is 2.39. The first-order chi connectivity index (χ1) is 11.3. The molecule has 1 atom stereocenters. The zero-order chi connectivity index (χ0) is 15.6. The molecule has 1 unspecified atom stereocenters. The molecule has 1 saturated heterocycles. The lowest BCUT2D eigenvalue weighted by molar-refractivity contribution is 0.0233. The van der Waals surface area contributed by atoms with Crippen molar-refractivity contribution < 1.29 is 9.53 Å². The maximum atomic E-state index is 12.7. The summed E-state index contributed by atoms with van der Waals surface area (Å²) in [5, 5.41) is 0. The van der Waals surface area contributed by atoms with Crippen molar-refractivity contribution >= 4 is 6.09 Å². The van der Waals surface area contributed by atoms with Gasteiger partial charge in [-0.1, -0.05) is 30.3 Å². The Bertz CT molecular complexity index is 538. The predicted molar refractivity (Wildman–Crippen MR) is 89.2 cm³/mol. The number of piperazine rings is 1. The van der Waals surface area contributed by atoms with Gasteiger partial charge in [-0.05, 0) is 44.1 Å². The zero-order valence-electron chi connectivity index (χ0n) is 13.7. The van der Waals surface area contributed by atoms with Crippen molar-refractivity contribution in [3.8, 4) is 0 Å². The number of benzene rings is 1. The Morgan fingerprint density at radius 3 is 2.43 bits per heavy atom. The SMILES string of the molecule is O=C(OC1CCCC1)N1CCN(C2CC2)CC1c1ccccc1. The maximum Gasteiger partial charge on any atom is 0.410 e. The van der Waals surface area contributed by atoms with Crippen molar-refractivity contribution in [2.75, 3.05) is 19.6 Å². The molecule has 4 heteroatoms. The number of carbonyl (C=O) groups excluding carboxylic acids is 1. The van der Waals surface area contributed by atoms with Gasteiger partial charge >= 0.3 is 6.09 Å². The molecule has 0 bridgehead atoms. The van der Waals surface area contributed by atoms with Gasteiger partial charge in [0.2, 0.25) is 0 Å². The van der Waals surface area contributed by atoms with Crippen LogP contribution < -0.4 is 0 Å². The lowest BCUT2D eigenvalue weighted by Gasteiger charge is -2.41. The minimum atomic E-state index is -0.110. The van der Waals surface area contributed by atoms with Crippen molar-refractivity contribution in [2.24, 2.45) is 0 Å². The highest BCUT2D eigenvalue weighted by Crippen LogP contribution is 2.34. The largest absolute Gasteiger partial charge is 0.446 e. The van der Waals surface area contributed by atoms with Crippen molar-refractivity contribution in [3.05, 3.63) is 35.9 Å². The number of amides is 1. The molecule has 3 fully saturated rings. The topological polar surface area (TPSA) is 32.8 Å².